The smallest absolute Gasteiger partial charge is 0.230 e. The number of amides is 1. The van der Waals surface area contributed by atoms with E-state index in [0.29, 0.717) is 5.75 Å². The van der Waals surface area contributed by atoms with Gasteiger partial charge in [0.05, 0.1) is 41.3 Å². The summed E-state index contributed by atoms with van der Waals surface area (Å²) in [5.74, 6) is 1.34. The Balaban J connectivity index is 1.35. The molecule has 0 bridgehead atoms. The van der Waals surface area contributed by atoms with Gasteiger partial charge in [0, 0.05) is 19.6 Å². The number of nitrogens with one attached hydrogen (secondary N) is 2. The third-order valence-corrected chi connectivity index (χ3v) is 6.49. The van der Waals surface area contributed by atoms with Crippen molar-refractivity contribution in [2.24, 2.45) is 0 Å². The van der Waals surface area contributed by atoms with Gasteiger partial charge in [-0.2, -0.15) is 0 Å². The highest BCUT2D eigenvalue weighted by Gasteiger charge is 2.21. The second-order valence-corrected chi connectivity index (χ2v) is 8.87. The summed E-state index contributed by atoms with van der Waals surface area (Å²) >= 11 is 1.60. The molecule has 1 aromatic heterocycles. The topological polar surface area (TPSA) is 70.2 Å². The maximum Gasteiger partial charge on any atom is 0.230 e. The Labute approximate surface area is 181 Å². The maximum atomic E-state index is 12.8. The summed E-state index contributed by atoms with van der Waals surface area (Å²) in [6.07, 6.45) is 0. The van der Waals surface area contributed by atoms with E-state index in [4.69, 9.17) is 4.74 Å². The number of hydrogen-bond acceptors (Lipinski definition) is 5. The van der Waals surface area contributed by atoms with Crippen LogP contribution in [0.1, 0.15) is 29.6 Å². The fourth-order valence-corrected chi connectivity index (χ4v) is 4.40. The maximum absolute atomic E-state index is 12.8. The summed E-state index contributed by atoms with van der Waals surface area (Å²) in [5.41, 5.74) is 3.12. The summed E-state index contributed by atoms with van der Waals surface area (Å²) < 4.78 is 5.46. The van der Waals surface area contributed by atoms with E-state index in [1.807, 2.05) is 42.5 Å². The molecule has 0 spiro atoms. The number of benzene rings is 2. The molecule has 2 atom stereocenters. The molecule has 3 aromatic rings. The monoisotopic (exact) mass is 424 g/mol. The van der Waals surface area contributed by atoms with E-state index in [1.54, 1.807) is 11.8 Å². The van der Waals surface area contributed by atoms with Crippen LogP contribution in [0.25, 0.3) is 11.0 Å². The highest BCUT2D eigenvalue weighted by molar-refractivity contribution is 8.00. The molecule has 0 saturated carbocycles. The number of carbonyl (C=O) groups is 1. The van der Waals surface area contributed by atoms with Gasteiger partial charge >= 0.3 is 0 Å². The third kappa shape index (κ3) is 5.41. The van der Waals surface area contributed by atoms with Crippen LogP contribution in [-0.4, -0.2) is 59.4 Å². The summed E-state index contributed by atoms with van der Waals surface area (Å²) in [7, 11) is 0. The van der Waals surface area contributed by atoms with E-state index >= 15 is 0 Å². The van der Waals surface area contributed by atoms with Gasteiger partial charge in [0.1, 0.15) is 5.82 Å². The molecule has 1 fully saturated rings. The second kappa shape index (κ2) is 10.1. The number of ether oxygens (including phenoxy) is 1. The molecular weight excluding hydrogens is 396 g/mol. The van der Waals surface area contributed by atoms with E-state index in [9.17, 15) is 4.79 Å². The van der Waals surface area contributed by atoms with Crippen molar-refractivity contribution in [3.63, 3.8) is 0 Å². The van der Waals surface area contributed by atoms with Crippen molar-refractivity contribution in [3.8, 4) is 0 Å². The van der Waals surface area contributed by atoms with E-state index in [1.165, 1.54) is 0 Å². The van der Waals surface area contributed by atoms with Crippen LogP contribution < -0.4 is 5.32 Å². The molecular formula is C23H28N4O2S. The summed E-state index contributed by atoms with van der Waals surface area (Å²) in [6.45, 7) is 6.18. The molecule has 4 rings (SSSR count). The number of imidazole rings is 1. The average molecular weight is 425 g/mol. The lowest BCUT2D eigenvalue weighted by atomic mass is 10.1. The molecule has 158 valence electrons. The molecule has 1 saturated heterocycles. The van der Waals surface area contributed by atoms with Crippen molar-refractivity contribution >= 4 is 28.7 Å². The number of para-hydroxylation sites is 2. The number of nitrogens with zero attached hydrogens (tertiary/aromatic N) is 2. The van der Waals surface area contributed by atoms with Crippen LogP contribution in [0.4, 0.5) is 0 Å². The Hall–Kier alpha value is -2.35. The van der Waals surface area contributed by atoms with Gasteiger partial charge in [-0.3, -0.25) is 9.69 Å². The third-order valence-electron chi connectivity index (χ3n) is 5.34. The number of morpholine rings is 1. The standard InChI is InChI=1S/C23H28N4O2S/c1-17(23-25-19-9-5-6-10-20(19)26-23)30-16-22(28)24-21(18-7-3-2-4-8-18)15-27-11-13-29-14-12-27/h2-10,17,21H,11-16H2,1H3,(H,24,28)(H,25,26). The zero-order chi connectivity index (χ0) is 20.8. The SMILES string of the molecule is CC(SCC(=O)NC(CN1CCOCC1)c1ccccc1)c1nc2ccccc2[nH]1. The van der Waals surface area contributed by atoms with Crippen LogP contribution in [-0.2, 0) is 9.53 Å². The quantitative estimate of drug-likeness (QED) is 0.579. The van der Waals surface area contributed by atoms with Crippen molar-refractivity contribution in [1.82, 2.24) is 20.2 Å². The van der Waals surface area contributed by atoms with Crippen LogP contribution in [0, 0.1) is 0 Å². The largest absolute Gasteiger partial charge is 0.379 e. The van der Waals surface area contributed by atoms with Crippen molar-refractivity contribution in [3.05, 3.63) is 66.0 Å². The first-order valence-electron chi connectivity index (χ1n) is 10.4. The van der Waals surface area contributed by atoms with Crippen molar-refractivity contribution < 1.29 is 9.53 Å². The molecule has 2 unspecified atom stereocenters. The Morgan fingerprint density at radius 3 is 2.67 bits per heavy atom. The lowest BCUT2D eigenvalue weighted by Gasteiger charge is -2.31. The first-order chi connectivity index (χ1) is 14.7. The molecule has 1 aliphatic heterocycles. The predicted molar refractivity (Wildman–Crippen MR) is 122 cm³/mol. The van der Waals surface area contributed by atoms with Crippen LogP contribution >= 0.6 is 11.8 Å². The van der Waals surface area contributed by atoms with Crippen molar-refractivity contribution in [1.29, 1.82) is 0 Å². The Morgan fingerprint density at radius 2 is 1.90 bits per heavy atom. The fraction of sp³-hybridized carbons (Fsp3) is 0.391. The summed E-state index contributed by atoms with van der Waals surface area (Å²) in [5, 5.41) is 3.35. The number of carbonyl (C=O) groups excluding carboxylic acids is 1. The van der Waals surface area contributed by atoms with Crippen molar-refractivity contribution in [2.75, 3.05) is 38.6 Å². The zero-order valence-electron chi connectivity index (χ0n) is 17.2. The molecule has 2 heterocycles. The van der Waals surface area contributed by atoms with Gasteiger partial charge in [-0.1, -0.05) is 42.5 Å². The Morgan fingerprint density at radius 1 is 1.17 bits per heavy atom. The number of aromatic amines is 1. The number of aromatic nitrogens is 2. The molecule has 2 aromatic carbocycles. The van der Waals surface area contributed by atoms with Gasteiger partial charge in [0.25, 0.3) is 0 Å². The minimum atomic E-state index is -0.0288. The fourth-order valence-electron chi connectivity index (χ4n) is 3.64. The van der Waals surface area contributed by atoms with Crippen molar-refractivity contribution in [2.45, 2.75) is 18.2 Å². The van der Waals surface area contributed by atoms with Gasteiger partial charge in [-0.15, -0.1) is 11.8 Å². The number of fused-ring (bicyclic) bond motifs is 1. The molecule has 2 N–H and O–H groups in total. The van der Waals surface area contributed by atoms with Crippen LogP contribution in [0.15, 0.2) is 54.6 Å². The molecule has 0 radical (unpaired) electrons. The highest BCUT2D eigenvalue weighted by atomic mass is 32.2. The van der Waals surface area contributed by atoms with Gasteiger partial charge in [-0.05, 0) is 24.6 Å². The van der Waals surface area contributed by atoms with E-state index in [2.05, 4.69) is 39.2 Å². The van der Waals surface area contributed by atoms with Crippen LogP contribution in [0.3, 0.4) is 0 Å². The Bertz CT molecular complexity index is 923. The molecule has 1 amide bonds. The average Bonchev–Trinajstić information content (AvgIpc) is 3.23. The second-order valence-electron chi connectivity index (χ2n) is 7.54. The first kappa shape index (κ1) is 20.9. The summed E-state index contributed by atoms with van der Waals surface area (Å²) in [6, 6.07) is 18.2. The number of hydrogen-bond donors (Lipinski definition) is 2. The van der Waals surface area contributed by atoms with Crippen LogP contribution in [0.2, 0.25) is 0 Å². The van der Waals surface area contributed by atoms with Gasteiger partial charge < -0.3 is 15.0 Å². The Kier molecular flexibility index (Phi) is 7.04. The predicted octanol–water partition coefficient (Wildman–Crippen LogP) is 3.55. The lowest BCUT2D eigenvalue weighted by molar-refractivity contribution is -0.119. The molecule has 7 heteroatoms. The highest BCUT2D eigenvalue weighted by Crippen LogP contribution is 2.27. The summed E-state index contributed by atoms with van der Waals surface area (Å²) in [4.78, 5) is 23.1. The minimum Gasteiger partial charge on any atom is -0.379 e. The van der Waals surface area contributed by atoms with Gasteiger partial charge in [-0.25, -0.2) is 4.98 Å². The van der Waals surface area contributed by atoms with Gasteiger partial charge in [0.15, 0.2) is 0 Å². The number of thioether (sulfide) groups is 1. The normalized spacial score (nSPS) is 17.0. The lowest BCUT2D eigenvalue weighted by Crippen LogP contribution is -2.43. The molecule has 0 aliphatic carbocycles. The van der Waals surface area contributed by atoms with E-state index in [-0.39, 0.29) is 17.2 Å². The molecule has 1 aliphatic rings. The minimum absolute atomic E-state index is 0.0288. The van der Waals surface area contributed by atoms with E-state index in [0.717, 1.165) is 55.3 Å². The van der Waals surface area contributed by atoms with E-state index < -0.39 is 0 Å². The molecule has 30 heavy (non-hydrogen) atoms. The first-order valence-corrected chi connectivity index (χ1v) is 11.4. The van der Waals surface area contributed by atoms with Gasteiger partial charge in [0.2, 0.25) is 5.91 Å². The van der Waals surface area contributed by atoms with Crippen LogP contribution in [0.5, 0.6) is 0 Å². The zero-order valence-corrected chi connectivity index (χ0v) is 18.0. The number of H-pyrrole nitrogens is 1. The number of rotatable bonds is 8. The molecule has 6 nitrogen and oxygen atoms in total.